The first-order valence-electron chi connectivity index (χ1n) is 7.29. The molecule has 2 aromatic heterocycles. The van der Waals surface area contributed by atoms with E-state index in [2.05, 4.69) is 15.3 Å². The Kier molecular flexibility index (Phi) is 5.86. The standard InChI is InChI=1S/C17H13Cl2N3OS2/c1-10-21-13(9-24-10)3-5-16(23)22-17-20-8-14(25-17)7-11-6-12(18)2-4-15(11)19/h2-6,8-9H,7H2,1H3,(H,20,22,23)/b5-3+. The maximum Gasteiger partial charge on any atom is 0.250 e. The molecular formula is C17H13Cl2N3OS2. The third-order valence-electron chi connectivity index (χ3n) is 3.20. The molecule has 1 aromatic carbocycles. The van der Waals surface area contributed by atoms with Gasteiger partial charge in [0.1, 0.15) is 0 Å². The second-order valence-corrected chi connectivity index (χ2v) is 8.18. The van der Waals surface area contributed by atoms with Crippen LogP contribution in [0.25, 0.3) is 6.08 Å². The average molecular weight is 410 g/mol. The topological polar surface area (TPSA) is 54.9 Å². The molecule has 0 saturated carbocycles. The first-order valence-corrected chi connectivity index (χ1v) is 9.74. The Hall–Kier alpha value is -1.73. The number of halogens is 2. The van der Waals surface area contributed by atoms with Crippen molar-refractivity contribution in [3.63, 3.8) is 0 Å². The number of amides is 1. The average Bonchev–Trinajstić information content (AvgIpc) is 3.18. The fourth-order valence-electron chi connectivity index (χ4n) is 2.08. The quantitative estimate of drug-likeness (QED) is 0.569. The minimum absolute atomic E-state index is 0.243. The fourth-order valence-corrected chi connectivity index (χ4v) is 3.88. The summed E-state index contributed by atoms with van der Waals surface area (Å²) in [6.07, 6.45) is 5.47. The van der Waals surface area contributed by atoms with E-state index in [0.29, 0.717) is 21.6 Å². The van der Waals surface area contributed by atoms with Crippen molar-refractivity contribution in [3.05, 3.63) is 67.0 Å². The van der Waals surface area contributed by atoms with Crippen LogP contribution in [0.3, 0.4) is 0 Å². The minimum Gasteiger partial charge on any atom is -0.298 e. The number of hydrogen-bond acceptors (Lipinski definition) is 5. The molecule has 0 aliphatic carbocycles. The van der Waals surface area contributed by atoms with Gasteiger partial charge >= 0.3 is 0 Å². The lowest BCUT2D eigenvalue weighted by Crippen LogP contribution is -2.07. The SMILES string of the molecule is Cc1nc(/C=C/C(=O)Nc2ncc(Cc3cc(Cl)ccc3Cl)s2)cs1. The maximum atomic E-state index is 12.0. The van der Waals surface area contributed by atoms with Crippen molar-refractivity contribution in [3.8, 4) is 0 Å². The monoisotopic (exact) mass is 409 g/mol. The summed E-state index contributed by atoms with van der Waals surface area (Å²) in [6, 6.07) is 5.36. The minimum atomic E-state index is -0.243. The van der Waals surface area contributed by atoms with Gasteiger partial charge in [0, 0.05) is 39.0 Å². The molecule has 4 nitrogen and oxygen atoms in total. The summed E-state index contributed by atoms with van der Waals surface area (Å²) < 4.78 is 0. The van der Waals surface area contributed by atoms with Crippen LogP contribution in [0.5, 0.6) is 0 Å². The van der Waals surface area contributed by atoms with Crippen molar-refractivity contribution in [2.45, 2.75) is 13.3 Å². The van der Waals surface area contributed by atoms with Crippen molar-refractivity contribution in [2.75, 3.05) is 5.32 Å². The van der Waals surface area contributed by atoms with Gasteiger partial charge in [-0.3, -0.25) is 10.1 Å². The van der Waals surface area contributed by atoms with Gasteiger partial charge in [0.2, 0.25) is 5.91 Å². The van der Waals surface area contributed by atoms with E-state index >= 15 is 0 Å². The van der Waals surface area contributed by atoms with Crippen LogP contribution in [0.15, 0.2) is 35.9 Å². The first kappa shape index (κ1) is 18.1. The Morgan fingerprint density at radius 3 is 2.96 bits per heavy atom. The summed E-state index contributed by atoms with van der Waals surface area (Å²) in [7, 11) is 0. The van der Waals surface area contributed by atoms with Crippen LogP contribution >= 0.6 is 45.9 Å². The van der Waals surface area contributed by atoms with Gasteiger partial charge in [-0.2, -0.15) is 0 Å². The van der Waals surface area contributed by atoms with Crippen molar-refractivity contribution in [1.29, 1.82) is 0 Å². The third-order valence-corrected chi connectivity index (χ3v) is 5.51. The molecule has 1 N–H and O–H groups in total. The number of anilines is 1. The smallest absolute Gasteiger partial charge is 0.250 e. The molecule has 0 spiro atoms. The molecular weight excluding hydrogens is 397 g/mol. The number of nitrogens with zero attached hydrogens (tertiary/aromatic N) is 2. The van der Waals surface area contributed by atoms with Crippen LogP contribution in [-0.4, -0.2) is 15.9 Å². The highest BCUT2D eigenvalue weighted by Crippen LogP contribution is 2.27. The van der Waals surface area contributed by atoms with Crippen molar-refractivity contribution in [1.82, 2.24) is 9.97 Å². The Balaban J connectivity index is 1.62. The van der Waals surface area contributed by atoms with Crippen LogP contribution < -0.4 is 5.32 Å². The van der Waals surface area contributed by atoms with Crippen LogP contribution in [-0.2, 0) is 11.2 Å². The van der Waals surface area contributed by atoms with Gasteiger partial charge in [-0.25, -0.2) is 9.97 Å². The molecule has 2 heterocycles. The normalized spacial score (nSPS) is 11.2. The summed E-state index contributed by atoms with van der Waals surface area (Å²) in [4.78, 5) is 21.4. The van der Waals surface area contributed by atoms with Crippen LogP contribution in [0, 0.1) is 6.92 Å². The number of carbonyl (C=O) groups is 1. The number of hydrogen-bond donors (Lipinski definition) is 1. The molecule has 0 bridgehead atoms. The van der Waals surface area contributed by atoms with E-state index in [1.165, 1.54) is 17.4 Å². The molecule has 3 aromatic rings. The second-order valence-electron chi connectivity index (χ2n) is 5.16. The number of nitrogens with one attached hydrogen (secondary N) is 1. The van der Waals surface area contributed by atoms with E-state index in [1.807, 2.05) is 18.4 Å². The van der Waals surface area contributed by atoms with E-state index < -0.39 is 0 Å². The Labute approximate surface area is 163 Å². The number of aryl methyl sites for hydroxylation is 1. The van der Waals surface area contributed by atoms with Gasteiger partial charge in [-0.05, 0) is 36.8 Å². The molecule has 8 heteroatoms. The van der Waals surface area contributed by atoms with E-state index in [-0.39, 0.29) is 5.91 Å². The van der Waals surface area contributed by atoms with Crippen molar-refractivity contribution in [2.24, 2.45) is 0 Å². The molecule has 128 valence electrons. The molecule has 0 fully saturated rings. The highest BCUT2D eigenvalue weighted by Gasteiger charge is 2.08. The summed E-state index contributed by atoms with van der Waals surface area (Å²) in [5.41, 5.74) is 1.70. The Morgan fingerprint density at radius 1 is 1.36 bits per heavy atom. The van der Waals surface area contributed by atoms with Crippen LogP contribution in [0.4, 0.5) is 5.13 Å². The summed E-state index contributed by atoms with van der Waals surface area (Å²) in [5, 5.41) is 7.45. The zero-order chi connectivity index (χ0) is 17.8. The molecule has 0 saturated heterocycles. The molecule has 25 heavy (non-hydrogen) atoms. The van der Waals surface area contributed by atoms with Gasteiger partial charge < -0.3 is 0 Å². The fraction of sp³-hybridized carbons (Fsp3) is 0.118. The maximum absolute atomic E-state index is 12.0. The number of rotatable bonds is 5. The van der Waals surface area contributed by atoms with E-state index in [9.17, 15) is 4.79 Å². The predicted octanol–water partition coefficient (Wildman–Crippen LogP) is 5.46. The largest absolute Gasteiger partial charge is 0.298 e. The van der Waals surface area contributed by atoms with Crippen LogP contribution in [0.2, 0.25) is 10.0 Å². The van der Waals surface area contributed by atoms with Gasteiger partial charge in [-0.1, -0.05) is 23.2 Å². The van der Waals surface area contributed by atoms with Gasteiger partial charge in [-0.15, -0.1) is 22.7 Å². The Morgan fingerprint density at radius 2 is 2.20 bits per heavy atom. The molecule has 0 aliphatic rings. The predicted molar refractivity (Wildman–Crippen MR) is 106 cm³/mol. The summed E-state index contributed by atoms with van der Waals surface area (Å²) in [5.74, 6) is -0.243. The van der Waals surface area contributed by atoms with Crippen molar-refractivity contribution >= 4 is 63.0 Å². The van der Waals surface area contributed by atoms with Gasteiger partial charge in [0.15, 0.2) is 5.13 Å². The lowest BCUT2D eigenvalue weighted by molar-refractivity contribution is -0.111. The van der Waals surface area contributed by atoms with Crippen LogP contribution in [0.1, 0.15) is 21.1 Å². The number of benzene rings is 1. The second kappa shape index (κ2) is 8.10. The summed E-state index contributed by atoms with van der Waals surface area (Å²) >= 11 is 15.1. The number of aromatic nitrogens is 2. The molecule has 1 amide bonds. The summed E-state index contributed by atoms with van der Waals surface area (Å²) in [6.45, 7) is 1.92. The number of thiazole rings is 2. The lowest BCUT2D eigenvalue weighted by atomic mass is 10.1. The first-order chi connectivity index (χ1) is 12.0. The highest BCUT2D eigenvalue weighted by atomic mass is 35.5. The molecule has 0 radical (unpaired) electrons. The molecule has 0 aliphatic heterocycles. The zero-order valence-electron chi connectivity index (χ0n) is 13.1. The molecule has 0 atom stereocenters. The highest BCUT2D eigenvalue weighted by molar-refractivity contribution is 7.15. The molecule has 0 unspecified atom stereocenters. The van der Waals surface area contributed by atoms with E-state index in [4.69, 9.17) is 23.2 Å². The lowest BCUT2D eigenvalue weighted by Gasteiger charge is -2.02. The van der Waals surface area contributed by atoms with Gasteiger partial charge in [0.25, 0.3) is 0 Å². The van der Waals surface area contributed by atoms with Crippen molar-refractivity contribution < 1.29 is 4.79 Å². The number of carbonyl (C=O) groups excluding carboxylic acids is 1. The van der Waals surface area contributed by atoms with E-state index in [1.54, 1.807) is 35.7 Å². The zero-order valence-corrected chi connectivity index (χ0v) is 16.3. The van der Waals surface area contributed by atoms with Gasteiger partial charge in [0.05, 0.1) is 10.7 Å². The molecule has 3 rings (SSSR count). The third kappa shape index (κ3) is 5.12. The van der Waals surface area contributed by atoms with E-state index in [0.717, 1.165) is 21.1 Å². The Bertz CT molecular complexity index is 934.